The standard InChI is InChI=1S/C37H34N4O5/c42-35-12-11-34(36(43)40-35)41-23-30-20-32(9-10-33(30)37(41)44)46-17-16-45-15-1-2-31-8-7-27(22-39-31)24-3-5-25(6-4-24)28-18-26-13-14-38-21-29(26)19-28/h3-10,13-14,18,20-22,34H,1-2,11-12,15-17,19,23H2,(H,40,42,43). The summed E-state index contributed by atoms with van der Waals surface area (Å²) in [5.74, 6) is -0.254. The number of hydrogen-bond acceptors (Lipinski definition) is 7. The third kappa shape index (κ3) is 6.32. The molecule has 0 radical (unpaired) electrons. The summed E-state index contributed by atoms with van der Waals surface area (Å²) < 4.78 is 11.6. The Bertz CT molecular complexity index is 1820. The molecular formula is C37H34N4O5. The number of fused-ring (bicyclic) bond motifs is 2. The molecule has 0 saturated carbocycles. The minimum absolute atomic E-state index is 0.194. The molecule has 2 aliphatic heterocycles. The summed E-state index contributed by atoms with van der Waals surface area (Å²) in [7, 11) is 0. The minimum atomic E-state index is -0.626. The summed E-state index contributed by atoms with van der Waals surface area (Å²) >= 11 is 0. The van der Waals surface area contributed by atoms with Crippen molar-refractivity contribution in [1.82, 2.24) is 20.2 Å². The van der Waals surface area contributed by atoms with E-state index in [4.69, 9.17) is 9.47 Å². The van der Waals surface area contributed by atoms with Crippen LogP contribution in [0.15, 0.2) is 79.3 Å². The predicted molar refractivity (Wildman–Crippen MR) is 173 cm³/mol. The maximum absolute atomic E-state index is 12.9. The molecule has 4 heterocycles. The number of nitrogens with one attached hydrogen (secondary N) is 1. The van der Waals surface area contributed by atoms with E-state index in [1.54, 1.807) is 12.1 Å². The monoisotopic (exact) mass is 614 g/mol. The fraction of sp³-hybridized carbons (Fsp3) is 0.270. The number of nitrogens with zero attached hydrogens (tertiary/aromatic N) is 3. The van der Waals surface area contributed by atoms with Crippen LogP contribution in [0, 0.1) is 0 Å². The molecule has 3 aliphatic rings. The first-order chi connectivity index (χ1) is 22.5. The first-order valence-electron chi connectivity index (χ1n) is 15.7. The van der Waals surface area contributed by atoms with Crippen molar-refractivity contribution in [3.8, 4) is 16.9 Å². The van der Waals surface area contributed by atoms with Gasteiger partial charge in [0.1, 0.15) is 18.4 Å². The SMILES string of the molecule is O=C1CCC(N2Cc3cc(OCCOCCCc4ccc(-c5ccc(C6=Cc7ccncc7C6)cc5)cn4)ccc3C2=O)C(=O)N1. The molecule has 2 aromatic heterocycles. The van der Waals surface area contributed by atoms with Gasteiger partial charge in [0.2, 0.25) is 11.8 Å². The summed E-state index contributed by atoms with van der Waals surface area (Å²) in [6.45, 7) is 1.75. The number of aromatic nitrogens is 2. The van der Waals surface area contributed by atoms with Gasteiger partial charge in [-0.15, -0.1) is 0 Å². The Morgan fingerprint density at radius 3 is 2.52 bits per heavy atom. The van der Waals surface area contributed by atoms with E-state index < -0.39 is 11.9 Å². The second-order valence-corrected chi connectivity index (χ2v) is 11.8. The van der Waals surface area contributed by atoms with E-state index in [0.717, 1.165) is 41.6 Å². The van der Waals surface area contributed by atoms with Gasteiger partial charge in [0.25, 0.3) is 5.91 Å². The van der Waals surface area contributed by atoms with Gasteiger partial charge in [0.15, 0.2) is 0 Å². The zero-order chi connectivity index (χ0) is 31.5. The molecule has 3 amide bonds. The molecule has 232 valence electrons. The first-order valence-corrected chi connectivity index (χ1v) is 15.7. The second-order valence-electron chi connectivity index (χ2n) is 11.8. The van der Waals surface area contributed by atoms with E-state index in [9.17, 15) is 14.4 Å². The van der Waals surface area contributed by atoms with Crippen molar-refractivity contribution in [3.63, 3.8) is 0 Å². The molecule has 46 heavy (non-hydrogen) atoms. The van der Waals surface area contributed by atoms with Gasteiger partial charge in [-0.1, -0.05) is 36.4 Å². The van der Waals surface area contributed by atoms with Crippen LogP contribution in [0.3, 0.4) is 0 Å². The third-order valence-electron chi connectivity index (χ3n) is 8.78. The Morgan fingerprint density at radius 1 is 0.870 bits per heavy atom. The van der Waals surface area contributed by atoms with E-state index in [-0.39, 0.29) is 18.2 Å². The van der Waals surface area contributed by atoms with Crippen molar-refractivity contribution in [2.45, 2.75) is 44.7 Å². The quantitative estimate of drug-likeness (QED) is 0.186. The van der Waals surface area contributed by atoms with E-state index in [0.29, 0.717) is 44.1 Å². The molecule has 2 aromatic carbocycles. The number of aryl methyl sites for hydroxylation is 1. The largest absolute Gasteiger partial charge is 0.491 e. The normalized spacial score (nSPS) is 17.0. The highest BCUT2D eigenvalue weighted by Crippen LogP contribution is 2.32. The highest BCUT2D eigenvalue weighted by atomic mass is 16.5. The molecule has 1 unspecified atom stereocenters. The summed E-state index contributed by atoms with van der Waals surface area (Å²) in [4.78, 5) is 47.0. The highest BCUT2D eigenvalue weighted by Gasteiger charge is 2.39. The van der Waals surface area contributed by atoms with Crippen molar-refractivity contribution in [1.29, 1.82) is 0 Å². The topological polar surface area (TPSA) is 111 Å². The van der Waals surface area contributed by atoms with Crippen molar-refractivity contribution < 1.29 is 23.9 Å². The zero-order valence-electron chi connectivity index (χ0n) is 25.4. The smallest absolute Gasteiger partial charge is 0.255 e. The number of allylic oxidation sites excluding steroid dienone is 1. The van der Waals surface area contributed by atoms with Crippen LogP contribution >= 0.6 is 0 Å². The molecule has 1 fully saturated rings. The number of hydrogen-bond donors (Lipinski definition) is 1. The molecule has 0 bridgehead atoms. The van der Waals surface area contributed by atoms with Crippen molar-refractivity contribution in [2.75, 3.05) is 19.8 Å². The molecule has 9 heteroatoms. The maximum atomic E-state index is 12.9. The van der Waals surface area contributed by atoms with E-state index >= 15 is 0 Å². The number of rotatable bonds is 11. The molecule has 1 aliphatic carbocycles. The zero-order valence-corrected chi connectivity index (χ0v) is 25.4. The van der Waals surface area contributed by atoms with Gasteiger partial charge in [-0.05, 0) is 83.0 Å². The third-order valence-corrected chi connectivity index (χ3v) is 8.78. The van der Waals surface area contributed by atoms with Crippen LogP contribution < -0.4 is 10.1 Å². The molecule has 1 N–H and O–H groups in total. The number of carbonyl (C=O) groups excluding carboxylic acids is 3. The molecule has 7 rings (SSSR count). The molecule has 9 nitrogen and oxygen atoms in total. The average Bonchev–Trinajstić information content (AvgIpc) is 3.65. The average molecular weight is 615 g/mol. The second kappa shape index (κ2) is 13.1. The van der Waals surface area contributed by atoms with Crippen LogP contribution in [-0.4, -0.2) is 58.5 Å². The van der Waals surface area contributed by atoms with E-state index in [1.807, 2.05) is 24.7 Å². The van der Waals surface area contributed by atoms with Crippen LogP contribution in [0.1, 0.15) is 57.6 Å². The summed E-state index contributed by atoms with van der Waals surface area (Å²) in [6.07, 6.45) is 11.1. The number of imide groups is 1. The lowest BCUT2D eigenvalue weighted by Crippen LogP contribution is -2.52. The number of benzene rings is 2. The lowest BCUT2D eigenvalue weighted by atomic mass is 10.00. The summed E-state index contributed by atoms with van der Waals surface area (Å²) in [6, 6.07) is 19.6. The van der Waals surface area contributed by atoms with Gasteiger partial charge in [0, 0.05) is 61.4 Å². The van der Waals surface area contributed by atoms with Crippen molar-refractivity contribution in [2.24, 2.45) is 0 Å². The van der Waals surface area contributed by atoms with E-state index in [1.165, 1.54) is 27.2 Å². The predicted octanol–water partition coefficient (Wildman–Crippen LogP) is 5.03. The Kier molecular flexibility index (Phi) is 8.39. The van der Waals surface area contributed by atoms with Crippen molar-refractivity contribution >= 4 is 29.4 Å². The van der Waals surface area contributed by atoms with Crippen molar-refractivity contribution in [3.05, 3.63) is 113 Å². The number of ether oxygens (including phenoxy) is 2. The molecular weight excluding hydrogens is 580 g/mol. The van der Waals surface area contributed by atoms with Crippen LogP contribution in [0.4, 0.5) is 0 Å². The van der Waals surface area contributed by atoms with Gasteiger partial charge < -0.3 is 14.4 Å². The molecule has 1 saturated heterocycles. The molecule has 0 spiro atoms. The Labute approximate surface area is 267 Å². The summed E-state index contributed by atoms with van der Waals surface area (Å²) in [5, 5.41) is 2.33. The van der Waals surface area contributed by atoms with Crippen LogP contribution in [0.2, 0.25) is 0 Å². The fourth-order valence-corrected chi connectivity index (χ4v) is 6.29. The fourth-order valence-electron chi connectivity index (χ4n) is 6.29. The number of amides is 3. The van der Waals surface area contributed by atoms with E-state index in [2.05, 4.69) is 63.8 Å². The Balaban J connectivity index is 0.818. The number of piperidine rings is 1. The maximum Gasteiger partial charge on any atom is 0.255 e. The van der Waals surface area contributed by atoms with Crippen LogP contribution in [0.25, 0.3) is 22.8 Å². The van der Waals surface area contributed by atoms with Gasteiger partial charge >= 0.3 is 0 Å². The molecule has 1 atom stereocenters. The van der Waals surface area contributed by atoms with Gasteiger partial charge in [0.05, 0.1) is 6.61 Å². The van der Waals surface area contributed by atoms with Gasteiger partial charge in [-0.3, -0.25) is 29.7 Å². The minimum Gasteiger partial charge on any atom is -0.491 e. The Hall–Kier alpha value is -5.15. The van der Waals surface area contributed by atoms with Crippen LogP contribution in [0.5, 0.6) is 5.75 Å². The van der Waals surface area contributed by atoms with Gasteiger partial charge in [-0.25, -0.2) is 0 Å². The first kappa shape index (κ1) is 29.6. The molecule has 4 aromatic rings. The van der Waals surface area contributed by atoms with Crippen LogP contribution in [-0.2, 0) is 33.7 Å². The summed E-state index contributed by atoms with van der Waals surface area (Å²) in [5.41, 5.74) is 9.73. The number of carbonyl (C=O) groups is 3. The lowest BCUT2D eigenvalue weighted by molar-refractivity contribution is -0.136. The lowest BCUT2D eigenvalue weighted by Gasteiger charge is -2.29. The van der Waals surface area contributed by atoms with Gasteiger partial charge in [-0.2, -0.15) is 0 Å². The Morgan fingerprint density at radius 2 is 1.72 bits per heavy atom. The number of pyridine rings is 2. The highest BCUT2D eigenvalue weighted by molar-refractivity contribution is 6.05.